The Balaban J connectivity index is 1.74. The number of carbonyl (C=O) groups is 2. The number of fused-ring (bicyclic) bond motifs is 1. The van der Waals surface area contributed by atoms with Crippen LogP contribution >= 0.6 is 0 Å². The summed E-state index contributed by atoms with van der Waals surface area (Å²) in [5, 5.41) is 0. The van der Waals surface area contributed by atoms with Gasteiger partial charge in [-0.25, -0.2) is 13.2 Å². The molecule has 8 nitrogen and oxygen atoms in total. The molecule has 1 amide bonds. The average Bonchev–Trinajstić information content (AvgIpc) is 3.11. The zero-order valence-electron chi connectivity index (χ0n) is 19.0. The van der Waals surface area contributed by atoms with Gasteiger partial charge in [-0.15, -0.1) is 0 Å². The van der Waals surface area contributed by atoms with E-state index in [1.165, 1.54) is 13.2 Å². The summed E-state index contributed by atoms with van der Waals surface area (Å²) in [5.41, 5.74) is 0.336. The van der Waals surface area contributed by atoms with Crippen molar-refractivity contribution < 1.29 is 32.2 Å². The molecule has 4 rings (SSSR count). The van der Waals surface area contributed by atoms with Gasteiger partial charge in [0.15, 0.2) is 18.1 Å². The number of hydrogen-bond acceptors (Lipinski definition) is 7. The maximum Gasteiger partial charge on any atom is 0.343 e. The maximum atomic E-state index is 13.3. The Morgan fingerprint density at radius 2 is 1.76 bits per heavy atom. The van der Waals surface area contributed by atoms with Crippen LogP contribution in [0.2, 0.25) is 0 Å². The maximum absolute atomic E-state index is 13.3. The summed E-state index contributed by atoms with van der Waals surface area (Å²) >= 11 is 0. The van der Waals surface area contributed by atoms with Crippen LogP contribution in [0.1, 0.15) is 55.1 Å². The van der Waals surface area contributed by atoms with Gasteiger partial charge in [0, 0.05) is 6.07 Å². The summed E-state index contributed by atoms with van der Waals surface area (Å²) in [6.45, 7) is 6.44. The van der Waals surface area contributed by atoms with Gasteiger partial charge in [-0.2, -0.15) is 4.31 Å². The normalized spacial score (nSPS) is 18.5. The molecule has 0 aliphatic carbocycles. The second-order valence-corrected chi connectivity index (χ2v) is 10.5. The van der Waals surface area contributed by atoms with Gasteiger partial charge < -0.3 is 14.2 Å². The van der Waals surface area contributed by atoms with E-state index in [1.54, 1.807) is 44.2 Å². The highest BCUT2D eigenvalue weighted by Gasteiger charge is 2.47. The third-order valence-electron chi connectivity index (χ3n) is 5.69. The first-order chi connectivity index (χ1) is 15.5. The molecule has 0 radical (unpaired) electrons. The summed E-state index contributed by atoms with van der Waals surface area (Å²) < 4.78 is 43.8. The fourth-order valence-electron chi connectivity index (χ4n) is 4.04. The van der Waals surface area contributed by atoms with Crippen LogP contribution in [-0.2, 0) is 24.3 Å². The Labute approximate surface area is 192 Å². The first-order valence-electron chi connectivity index (χ1n) is 10.4. The largest absolute Gasteiger partial charge is 0.497 e. The lowest BCUT2D eigenvalue weighted by atomic mass is 9.96. The second-order valence-electron chi connectivity index (χ2n) is 8.65. The standard InChI is InChI=1S/C24H25NO7S/c1-14(2)17-11-16(30-5)12-18-20(17)22(26)25(33(18,28)29)13-31-21-19(15-9-7-6-8-10-15)23(27)32-24(21,3)4/h6-12,14H,13H2,1-5H3. The molecule has 33 heavy (non-hydrogen) atoms. The third kappa shape index (κ3) is 3.66. The van der Waals surface area contributed by atoms with E-state index in [9.17, 15) is 18.0 Å². The van der Waals surface area contributed by atoms with E-state index in [1.807, 2.05) is 19.9 Å². The lowest BCUT2D eigenvalue weighted by Gasteiger charge is -2.24. The Morgan fingerprint density at radius 3 is 2.36 bits per heavy atom. The molecule has 0 aromatic heterocycles. The molecule has 0 spiro atoms. The van der Waals surface area contributed by atoms with Crippen LogP contribution in [0.15, 0.2) is 53.1 Å². The van der Waals surface area contributed by atoms with Crippen LogP contribution in [0.3, 0.4) is 0 Å². The van der Waals surface area contributed by atoms with Gasteiger partial charge in [-0.1, -0.05) is 44.2 Å². The quantitative estimate of drug-likeness (QED) is 0.593. The summed E-state index contributed by atoms with van der Waals surface area (Å²) in [4.78, 5) is 25.7. The zero-order chi connectivity index (χ0) is 24.1. The molecule has 2 heterocycles. The number of ether oxygens (including phenoxy) is 3. The number of hydrogen-bond donors (Lipinski definition) is 0. The van der Waals surface area contributed by atoms with Gasteiger partial charge in [0.2, 0.25) is 0 Å². The lowest BCUT2D eigenvalue weighted by Crippen LogP contribution is -2.34. The van der Waals surface area contributed by atoms with Crippen molar-refractivity contribution in [2.45, 2.75) is 44.1 Å². The van der Waals surface area contributed by atoms with E-state index in [-0.39, 0.29) is 27.7 Å². The molecule has 0 N–H and O–H groups in total. The molecule has 9 heteroatoms. The van der Waals surface area contributed by atoms with Crippen molar-refractivity contribution >= 4 is 27.5 Å². The number of rotatable bonds is 6. The molecule has 0 saturated heterocycles. The fraction of sp³-hybridized carbons (Fsp3) is 0.333. The second kappa shape index (κ2) is 7.91. The van der Waals surface area contributed by atoms with E-state index < -0.39 is 34.2 Å². The van der Waals surface area contributed by atoms with Gasteiger partial charge in [0.1, 0.15) is 16.2 Å². The fourth-order valence-corrected chi connectivity index (χ4v) is 5.51. The van der Waals surface area contributed by atoms with Gasteiger partial charge >= 0.3 is 5.97 Å². The van der Waals surface area contributed by atoms with Crippen LogP contribution in [0.25, 0.3) is 5.57 Å². The number of benzene rings is 2. The highest BCUT2D eigenvalue weighted by Crippen LogP contribution is 2.41. The van der Waals surface area contributed by atoms with Crippen molar-refractivity contribution in [3.05, 3.63) is 64.9 Å². The minimum atomic E-state index is -4.18. The van der Waals surface area contributed by atoms with Crippen molar-refractivity contribution in [2.75, 3.05) is 13.8 Å². The van der Waals surface area contributed by atoms with Crippen molar-refractivity contribution in [1.29, 1.82) is 0 Å². The minimum absolute atomic E-state index is 0.110. The molecular formula is C24H25NO7S. The molecule has 0 unspecified atom stereocenters. The monoisotopic (exact) mass is 471 g/mol. The molecule has 2 aliphatic heterocycles. The molecular weight excluding hydrogens is 446 g/mol. The third-order valence-corrected chi connectivity index (χ3v) is 7.42. The highest BCUT2D eigenvalue weighted by atomic mass is 32.2. The van der Waals surface area contributed by atoms with Gasteiger partial charge in [-0.3, -0.25) is 4.79 Å². The minimum Gasteiger partial charge on any atom is -0.497 e. The number of cyclic esters (lactones) is 1. The molecule has 0 bridgehead atoms. The Hall–Kier alpha value is -3.33. The van der Waals surface area contributed by atoms with Crippen molar-refractivity contribution in [2.24, 2.45) is 0 Å². The van der Waals surface area contributed by atoms with Gasteiger partial charge in [0.25, 0.3) is 15.9 Å². The predicted octanol–water partition coefficient (Wildman–Crippen LogP) is 3.68. The van der Waals surface area contributed by atoms with Crippen molar-refractivity contribution in [3.63, 3.8) is 0 Å². The molecule has 174 valence electrons. The van der Waals surface area contributed by atoms with Crippen molar-refractivity contribution in [3.8, 4) is 5.75 Å². The van der Waals surface area contributed by atoms with Crippen LogP contribution in [0, 0.1) is 0 Å². The zero-order valence-corrected chi connectivity index (χ0v) is 19.9. The summed E-state index contributed by atoms with van der Waals surface area (Å²) in [6.07, 6.45) is 0. The van der Waals surface area contributed by atoms with E-state index >= 15 is 0 Å². The number of amides is 1. The molecule has 2 aromatic rings. The Morgan fingerprint density at radius 1 is 1.09 bits per heavy atom. The smallest absolute Gasteiger partial charge is 0.343 e. The topological polar surface area (TPSA) is 99.2 Å². The first kappa shape index (κ1) is 22.8. The van der Waals surface area contributed by atoms with E-state index in [0.717, 1.165) is 0 Å². The number of methoxy groups -OCH3 is 1. The van der Waals surface area contributed by atoms with Gasteiger partial charge in [0.05, 0.1) is 12.7 Å². The Bertz CT molecular complexity index is 1280. The van der Waals surface area contributed by atoms with E-state index in [4.69, 9.17) is 14.2 Å². The number of nitrogens with zero attached hydrogens (tertiary/aromatic N) is 1. The average molecular weight is 472 g/mol. The number of esters is 1. The van der Waals surface area contributed by atoms with Crippen LogP contribution < -0.4 is 4.74 Å². The highest BCUT2D eigenvalue weighted by molar-refractivity contribution is 7.90. The SMILES string of the molecule is COc1cc(C(C)C)c2c(c1)S(=O)(=O)N(COC1=C(c3ccccc3)C(=O)OC1(C)C)C2=O. The molecule has 2 aliphatic rings. The summed E-state index contributed by atoms with van der Waals surface area (Å²) in [7, 11) is -2.74. The van der Waals surface area contributed by atoms with Gasteiger partial charge in [-0.05, 0) is 37.0 Å². The molecule has 0 atom stereocenters. The van der Waals surface area contributed by atoms with Crippen LogP contribution in [0.5, 0.6) is 5.75 Å². The molecule has 2 aromatic carbocycles. The summed E-state index contributed by atoms with van der Waals surface area (Å²) in [5.74, 6) is -0.852. The summed E-state index contributed by atoms with van der Waals surface area (Å²) in [6, 6.07) is 11.8. The number of carbonyl (C=O) groups excluding carboxylic acids is 2. The lowest BCUT2D eigenvalue weighted by molar-refractivity contribution is -0.144. The van der Waals surface area contributed by atoms with Crippen LogP contribution in [-0.4, -0.2) is 44.0 Å². The Kier molecular flexibility index (Phi) is 5.48. The van der Waals surface area contributed by atoms with E-state index in [2.05, 4.69) is 0 Å². The number of sulfonamides is 1. The van der Waals surface area contributed by atoms with Crippen molar-refractivity contribution in [1.82, 2.24) is 4.31 Å². The molecule has 0 fully saturated rings. The van der Waals surface area contributed by atoms with E-state index in [0.29, 0.717) is 21.2 Å². The molecule has 0 saturated carbocycles. The predicted molar refractivity (Wildman–Crippen MR) is 120 cm³/mol. The first-order valence-corrected chi connectivity index (χ1v) is 11.9. The van der Waals surface area contributed by atoms with Crippen LogP contribution in [0.4, 0.5) is 0 Å².